The van der Waals surface area contributed by atoms with Crippen LogP contribution in [0, 0.1) is 0 Å². The van der Waals surface area contributed by atoms with Crippen LogP contribution in [0.5, 0.6) is 0 Å². The van der Waals surface area contributed by atoms with E-state index in [9.17, 15) is 0 Å². The monoisotopic (exact) mass is 849 g/mol. The lowest BCUT2D eigenvalue weighted by Gasteiger charge is -2.36. The van der Waals surface area contributed by atoms with Crippen LogP contribution in [0.3, 0.4) is 0 Å². The molecule has 0 unspecified atom stereocenters. The molecule has 2 nitrogen and oxygen atoms in total. The molecule has 0 spiro atoms. The predicted molar refractivity (Wildman–Crippen MR) is 284 cm³/mol. The molecular weight excluding hydrogens is 784 g/mol. The SMILES string of the molecule is CC(C)(C)c1ccc(-c2ccc3c(c2)c2cc(-c4ccc(C(C)(C)C)cc4)cc4c2n3-c2cc(C(C)(C)C)cc3c2B4n2c4ccc(C(C)(C)C)cc4c4cc(C(C)(C)C)cc-3c42)cc1. The number of aromatic nitrogens is 2. The average Bonchev–Trinajstić information content (AvgIpc) is 3.74. The Hall–Kier alpha value is -5.80. The normalized spacial score (nSPS) is 14.0. The Morgan fingerprint density at radius 2 is 0.785 bits per heavy atom. The van der Waals surface area contributed by atoms with Gasteiger partial charge in [0.2, 0.25) is 0 Å². The largest absolute Gasteiger partial charge is 0.375 e. The summed E-state index contributed by atoms with van der Waals surface area (Å²) < 4.78 is 5.41. The number of hydrogen-bond acceptors (Lipinski definition) is 0. The number of nitrogens with zero attached hydrogens (tertiary/aromatic N) is 2. The quantitative estimate of drug-likeness (QED) is 0.153. The molecule has 0 bridgehead atoms. The molecule has 0 amide bonds. The fourth-order valence-electron chi connectivity index (χ4n) is 11.1. The standard InChI is InChI=1S/C62H65BN2/c1-58(2,3)40-21-16-36(17-22-40)38-20-26-52-45(28-38)48-29-39(37-18-23-41(24-19-37)59(4,5)6)30-51-57(48)64(52)54-35-44(62(13,14)15)32-47-50-34-43(61(10,11)12)33-49-46-31-42(60(7,8)9)25-27-53(46)65(56(49)50)63(51)55(47)54/h16-35H,1-15H3. The van der Waals surface area contributed by atoms with Gasteiger partial charge in [-0.2, -0.15) is 0 Å². The maximum atomic E-state index is 2.76. The molecule has 65 heavy (non-hydrogen) atoms. The summed E-state index contributed by atoms with van der Waals surface area (Å²) in [6.07, 6.45) is 0. The molecule has 326 valence electrons. The first-order chi connectivity index (χ1) is 30.4. The second-order valence-corrected chi connectivity index (χ2v) is 24.8. The molecule has 2 aliphatic heterocycles. The van der Waals surface area contributed by atoms with Crippen LogP contribution in [0.4, 0.5) is 0 Å². The summed E-state index contributed by atoms with van der Waals surface area (Å²) in [6, 6.07) is 48.5. The summed E-state index contributed by atoms with van der Waals surface area (Å²) in [5.41, 5.74) is 24.0. The van der Waals surface area contributed by atoms with Crippen molar-refractivity contribution < 1.29 is 0 Å². The van der Waals surface area contributed by atoms with Crippen molar-refractivity contribution in [1.29, 1.82) is 0 Å². The molecule has 3 heteroatoms. The van der Waals surface area contributed by atoms with E-state index in [-0.39, 0.29) is 33.9 Å². The third-order valence-corrected chi connectivity index (χ3v) is 15.1. The first-order valence-corrected chi connectivity index (χ1v) is 24.0. The zero-order valence-corrected chi connectivity index (χ0v) is 41.5. The molecule has 0 aliphatic carbocycles. The molecule has 0 saturated heterocycles. The van der Waals surface area contributed by atoms with E-state index in [2.05, 4.69) is 234 Å². The Labute approximate surface area is 387 Å². The fourth-order valence-corrected chi connectivity index (χ4v) is 11.1. The Kier molecular flexibility index (Phi) is 8.64. The minimum Gasteiger partial charge on any atom is -0.375 e. The second kappa shape index (κ2) is 13.4. The number of benzene rings is 7. The third-order valence-electron chi connectivity index (χ3n) is 15.1. The van der Waals surface area contributed by atoms with E-state index < -0.39 is 0 Å². The maximum Gasteiger partial charge on any atom is 0.333 e. The lowest BCUT2D eigenvalue weighted by atomic mass is 9.45. The number of rotatable bonds is 2. The van der Waals surface area contributed by atoms with E-state index in [1.165, 1.54) is 121 Å². The first-order valence-electron chi connectivity index (χ1n) is 24.0. The maximum absolute atomic E-state index is 2.76. The van der Waals surface area contributed by atoms with Gasteiger partial charge in [-0.15, -0.1) is 0 Å². The summed E-state index contributed by atoms with van der Waals surface area (Å²) in [7, 11) is 0. The first kappa shape index (κ1) is 41.9. The summed E-state index contributed by atoms with van der Waals surface area (Å²) in [6.45, 7) is 35.0. The Morgan fingerprint density at radius 1 is 0.338 bits per heavy atom. The summed E-state index contributed by atoms with van der Waals surface area (Å²) in [5.74, 6) is 0. The smallest absolute Gasteiger partial charge is 0.333 e. The van der Waals surface area contributed by atoms with Crippen molar-refractivity contribution in [3.8, 4) is 39.1 Å². The van der Waals surface area contributed by atoms with Crippen molar-refractivity contribution >= 4 is 61.4 Å². The highest BCUT2D eigenvalue weighted by molar-refractivity contribution is 6.90. The van der Waals surface area contributed by atoms with Crippen molar-refractivity contribution in [3.05, 3.63) is 149 Å². The Morgan fingerprint density at radius 3 is 1.37 bits per heavy atom. The highest BCUT2D eigenvalue weighted by Gasteiger charge is 2.43. The van der Waals surface area contributed by atoms with E-state index in [1.807, 2.05) is 0 Å². The van der Waals surface area contributed by atoms with Gasteiger partial charge >= 0.3 is 6.85 Å². The summed E-state index contributed by atoms with van der Waals surface area (Å²) >= 11 is 0. The molecule has 0 fully saturated rings. The lowest BCUT2D eigenvalue weighted by Crippen LogP contribution is -2.55. The van der Waals surface area contributed by atoms with E-state index in [1.54, 1.807) is 0 Å². The topological polar surface area (TPSA) is 9.86 Å². The highest BCUT2D eigenvalue weighted by Crippen LogP contribution is 2.48. The number of hydrogen-bond donors (Lipinski definition) is 0. The van der Waals surface area contributed by atoms with E-state index in [0.29, 0.717) is 0 Å². The molecule has 11 rings (SSSR count). The summed E-state index contributed by atoms with van der Waals surface area (Å²) in [5, 5.41) is 5.32. The van der Waals surface area contributed by atoms with Crippen LogP contribution in [-0.2, 0) is 27.1 Å². The fraction of sp³-hybridized carbons (Fsp3) is 0.323. The Bertz CT molecular complexity index is 3460. The molecule has 4 heterocycles. The molecule has 0 atom stereocenters. The Balaban J connectivity index is 1.30. The van der Waals surface area contributed by atoms with Gasteiger partial charge in [0.25, 0.3) is 0 Å². The van der Waals surface area contributed by atoms with Gasteiger partial charge in [0.1, 0.15) is 0 Å². The third kappa shape index (κ3) is 6.35. The molecule has 0 radical (unpaired) electrons. The zero-order valence-electron chi connectivity index (χ0n) is 41.5. The van der Waals surface area contributed by atoms with Gasteiger partial charge in [-0.3, -0.25) is 0 Å². The van der Waals surface area contributed by atoms with Crippen molar-refractivity contribution in [2.75, 3.05) is 0 Å². The second-order valence-electron chi connectivity index (χ2n) is 24.8. The van der Waals surface area contributed by atoms with E-state index in [0.717, 1.165) is 0 Å². The van der Waals surface area contributed by atoms with Gasteiger partial charge in [0.15, 0.2) is 0 Å². The highest BCUT2D eigenvalue weighted by atomic mass is 15.0. The molecular formula is C62H65BN2. The molecule has 7 aromatic carbocycles. The van der Waals surface area contributed by atoms with Crippen LogP contribution in [0.2, 0.25) is 0 Å². The average molecular weight is 849 g/mol. The van der Waals surface area contributed by atoms with Gasteiger partial charge < -0.3 is 9.05 Å². The van der Waals surface area contributed by atoms with Crippen LogP contribution >= 0.6 is 0 Å². The van der Waals surface area contributed by atoms with Crippen molar-refractivity contribution in [2.45, 2.75) is 131 Å². The van der Waals surface area contributed by atoms with Gasteiger partial charge in [-0.1, -0.05) is 177 Å². The molecule has 0 saturated carbocycles. The van der Waals surface area contributed by atoms with Gasteiger partial charge in [-0.25, -0.2) is 0 Å². The zero-order chi connectivity index (χ0) is 46.1. The molecule has 2 aliphatic rings. The van der Waals surface area contributed by atoms with Crippen LogP contribution in [-0.4, -0.2) is 15.9 Å². The van der Waals surface area contributed by atoms with E-state index in [4.69, 9.17) is 0 Å². The minimum atomic E-state index is -0.0641. The van der Waals surface area contributed by atoms with Crippen molar-refractivity contribution in [2.24, 2.45) is 0 Å². The minimum absolute atomic E-state index is 0.0211. The van der Waals surface area contributed by atoms with Crippen molar-refractivity contribution in [1.82, 2.24) is 9.05 Å². The molecule has 9 aromatic rings. The lowest BCUT2D eigenvalue weighted by molar-refractivity contribution is 0.589. The van der Waals surface area contributed by atoms with Gasteiger partial charge in [0.05, 0.1) is 11.0 Å². The summed E-state index contributed by atoms with van der Waals surface area (Å²) in [4.78, 5) is 0. The van der Waals surface area contributed by atoms with Crippen LogP contribution in [0.25, 0.3) is 82.7 Å². The van der Waals surface area contributed by atoms with Crippen LogP contribution in [0.15, 0.2) is 121 Å². The van der Waals surface area contributed by atoms with Crippen molar-refractivity contribution in [3.63, 3.8) is 0 Å². The molecule has 2 aromatic heterocycles. The van der Waals surface area contributed by atoms with Gasteiger partial charge in [0, 0.05) is 43.8 Å². The predicted octanol–water partition coefficient (Wildman–Crippen LogP) is 15.7. The van der Waals surface area contributed by atoms with Gasteiger partial charge in [-0.05, 0) is 142 Å². The van der Waals surface area contributed by atoms with Crippen LogP contribution in [0.1, 0.15) is 132 Å². The molecule has 0 N–H and O–H groups in total. The number of fused-ring (bicyclic) bond motifs is 10. The van der Waals surface area contributed by atoms with Crippen LogP contribution < -0.4 is 10.9 Å². The van der Waals surface area contributed by atoms with E-state index >= 15 is 0 Å².